The molecule has 0 aliphatic rings. The molecule has 2 atom stereocenters. The molecule has 0 saturated heterocycles. The average molecular weight is 299 g/mol. The van der Waals surface area contributed by atoms with Gasteiger partial charge < -0.3 is 11.1 Å². The topological polar surface area (TPSA) is 55.1 Å². The summed E-state index contributed by atoms with van der Waals surface area (Å²) in [7, 11) is 0. The van der Waals surface area contributed by atoms with Crippen LogP contribution in [-0.2, 0) is 4.79 Å². The zero-order chi connectivity index (χ0) is 14.4. The molecular weight excluding hydrogens is 272 g/mol. The lowest BCUT2D eigenvalue weighted by Crippen LogP contribution is -2.38. The molecule has 0 spiro atoms. The molecule has 0 aliphatic carbocycles. The van der Waals surface area contributed by atoms with Gasteiger partial charge in [-0.1, -0.05) is 45.0 Å². The van der Waals surface area contributed by atoms with Crippen LogP contribution in [0.1, 0.15) is 57.1 Å². The average Bonchev–Trinajstić information content (AvgIpc) is 2.38. The first kappa shape index (κ1) is 18.9. The van der Waals surface area contributed by atoms with Gasteiger partial charge in [-0.15, -0.1) is 12.4 Å². The maximum atomic E-state index is 11.8. The summed E-state index contributed by atoms with van der Waals surface area (Å²) >= 11 is 0. The van der Waals surface area contributed by atoms with Crippen LogP contribution in [0.3, 0.4) is 0 Å². The second-order valence-electron chi connectivity index (χ2n) is 5.63. The third kappa shape index (κ3) is 5.93. The fraction of sp³-hybridized carbons (Fsp3) is 0.562. The van der Waals surface area contributed by atoms with Crippen molar-refractivity contribution in [2.75, 3.05) is 6.54 Å². The lowest BCUT2D eigenvalue weighted by Gasteiger charge is -2.16. The lowest BCUT2D eigenvalue weighted by atomic mass is 9.94. The number of nitrogens with one attached hydrogen (secondary N) is 1. The molecule has 1 aromatic carbocycles. The number of carbonyl (C=O) groups excluding carboxylic acids is 1. The van der Waals surface area contributed by atoms with Crippen LogP contribution in [0.25, 0.3) is 0 Å². The van der Waals surface area contributed by atoms with E-state index in [1.807, 2.05) is 6.92 Å². The summed E-state index contributed by atoms with van der Waals surface area (Å²) in [5, 5.41) is 2.90. The van der Waals surface area contributed by atoms with Crippen LogP contribution in [0.4, 0.5) is 0 Å². The zero-order valence-corrected chi connectivity index (χ0v) is 13.7. The highest BCUT2D eigenvalue weighted by Gasteiger charge is 2.13. The van der Waals surface area contributed by atoms with E-state index in [0.29, 0.717) is 18.9 Å². The number of hydrogen-bond donors (Lipinski definition) is 2. The van der Waals surface area contributed by atoms with Gasteiger partial charge in [0.15, 0.2) is 0 Å². The Hall–Kier alpha value is -1.06. The van der Waals surface area contributed by atoms with Gasteiger partial charge in [-0.05, 0) is 29.9 Å². The number of hydrogen-bond acceptors (Lipinski definition) is 2. The Morgan fingerprint density at radius 3 is 2.05 bits per heavy atom. The number of nitrogens with two attached hydrogens (primary N) is 1. The summed E-state index contributed by atoms with van der Waals surface area (Å²) < 4.78 is 0. The van der Waals surface area contributed by atoms with E-state index < -0.39 is 0 Å². The van der Waals surface area contributed by atoms with Gasteiger partial charge in [0.1, 0.15) is 0 Å². The minimum absolute atomic E-state index is 0. The first-order chi connectivity index (χ1) is 8.93. The molecule has 20 heavy (non-hydrogen) atoms. The molecule has 0 aliphatic heterocycles. The van der Waals surface area contributed by atoms with Crippen LogP contribution in [0.2, 0.25) is 0 Å². The molecule has 0 saturated carbocycles. The minimum Gasteiger partial charge on any atom is -0.352 e. The highest BCUT2D eigenvalue weighted by atomic mass is 35.5. The normalized spacial score (nSPS) is 13.5. The zero-order valence-electron chi connectivity index (χ0n) is 12.8. The highest BCUT2D eigenvalue weighted by Crippen LogP contribution is 2.22. The first-order valence-electron chi connectivity index (χ1n) is 7.03. The van der Waals surface area contributed by atoms with Gasteiger partial charge in [0, 0.05) is 19.0 Å². The molecule has 4 heteroatoms. The van der Waals surface area contributed by atoms with Gasteiger partial charge in [0.05, 0.1) is 0 Å². The molecule has 0 radical (unpaired) electrons. The Morgan fingerprint density at radius 2 is 1.60 bits per heavy atom. The van der Waals surface area contributed by atoms with E-state index in [0.717, 1.165) is 0 Å². The van der Waals surface area contributed by atoms with Crippen LogP contribution in [-0.4, -0.2) is 18.5 Å². The maximum absolute atomic E-state index is 11.8. The van der Waals surface area contributed by atoms with Gasteiger partial charge >= 0.3 is 0 Å². The second-order valence-corrected chi connectivity index (χ2v) is 5.63. The Balaban J connectivity index is 0.00000361. The molecule has 1 aromatic rings. The van der Waals surface area contributed by atoms with Gasteiger partial charge in [-0.2, -0.15) is 0 Å². The Bertz CT molecular complexity index is 403. The number of benzene rings is 1. The standard InChI is InChI=1S/C16H26N2O.ClH/c1-11(2)14-5-7-15(8-6-14)12(3)9-16(19)18-13(4)10-17;/h5-8,11-13H,9-10,17H2,1-4H3,(H,18,19);1H/t12?,13-;/m0./s1. The molecule has 114 valence electrons. The summed E-state index contributed by atoms with van der Waals surface area (Å²) in [5.74, 6) is 0.836. The Morgan fingerprint density at radius 1 is 1.10 bits per heavy atom. The summed E-state index contributed by atoms with van der Waals surface area (Å²) in [6.45, 7) is 8.83. The summed E-state index contributed by atoms with van der Waals surface area (Å²) in [6, 6.07) is 8.59. The number of carbonyl (C=O) groups is 1. The van der Waals surface area contributed by atoms with Crippen molar-refractivity contribution in [3.05, 3.63) is 35.4 Å². The van der Waals surface area contributed by atoms with Crippen molar-refractivity contribution in [3.63, 3.8) is 0 Å². The van der Waals surface area contributed by atoms with E-state index >= 15 is 0 Å². The third-order valence-corrected chi connectivity index (χ3v) is 3.42. The molecule has 3 nitrogen and oxygen atoms in total. The van der Waals surface area contributed by atoms with Gasteiger partial charge in [-0.3, -0.25) is 4.79 Å². The van der Waals surface area contributed by atoms with E-state index in [1.165, 1.54) is 11.1 Å². The molecule has 1 unspecified atom stereocenters. The van der Waals surface area contributed by atoms with E-state index in [1.54, 1.807) is 0 Å². The first-order valence-corrected chi connectivity index (χ1v) is 7.03. The Labute approximate surface area is 128 Å². The fourth-order valence-corrected chi connectivity index (χ4v) is 2.00. The molecule has 0 fully saturated rings. The highest BCUT2D eigenvalue weighted by molar-refractivity contribution is 5.85. The number of amides is 1. The Kier molecular flexibility index (Phi) is 8.51. The largest absolute Gasteiger partial charge is 0.352 e. The molecule has 1 amide bonds. The van der Waals surface area contributed by atoms with Crippen molar-refractivity contribution >= 4 is 18.3 Å². The van der Waals surface area contributed by atoms with Crippen LogP contribution in [0.5, 0.6) is 0 Å². The molecule has 3 N–H and O–H groups in total. The van der Waals surface area contributed by atoms with Crippen molar-refractivity contribution in [1.82, 2.24) is 5.32 Å². The van der Waals surface area contributed by atoms with E-state index in [4.69, 9.17) is 5.73 Å². The van der Waals surface area contributed by atoms with Crippen LogP contribution in [0, 0.1) is 0 Å². The quantitative estimate of drug-likeness (QED) is 0.847. The molecule has 1 rings (SSSR count). The SMILES string of the molecule is CC(C)c1ccc(C(C)CC(=O)N[C@@H](C)CN)cc1.Cl. The summed E-state index contributed by atoms with van der Waals surface area (Å²) in [4.78, 5) is 11.8. The predicted molar refractivity (Wildman–Crippen MR) is 87.5 cm³/mol. The molecule has 0 bridgehead atoms. The van der Waals surface area contributed by atoms with E-state index in [-0.39, 0.29) is 30.3 Å². The van der Waals surface area contributed by atoms with E-state index in [9.17, 15) is 4.79 Å². The van der Waals surface area contributed by atoms with Gasteiger partial charge in [0.25, 0.3) is 0 Å². The predicted octanol–water partition coefficient (Wildman–Crippen LogP) is 3.19. The number of rotatable bonds is 6. The van der Waals surface area contributed by atoms with Crippen molar-refractivity contribution < 1.29 is 4.79 Å². The maximum Gasteiger partial charge on any atom is 0.220 e. The van der Waals surface area contributed by atoms with Crippen molar-refractivity contribution in [1.29, 1.82) is 0 Å². The van der Waals surface area contributed by atoms with Crippen molar-refractivity contribution in [2.24, 2.45) is 5.73 Å². The van der Waals surface area contributed by atoms with Crippen molar-refractivity contribution in [2.45, 2.75) is 52.0 Å². The fourth-order valence-electron chi connectivity index (χ4n) is 2.00. The summed E-state index contributed by atoms with van der Waals surface area (Å²) in [6.07, 6.45) is 0.505. The molecule has 0 heterocycles. The van der Waals surface area contributed by atoms with E-state index in [2.05, 4.69) is 50.4 Å². The van der Waals surface area contributed by atoms with Gasteiger partial charge in [0.2, 0.25) is 5.91 Å². The second kappa shape index (κ2) is 8.98. The monoisotopic (exact) mass is 298 g/mol. The molecular formula is C16H27ClN2O. The smallest absolute Gasteiger partial charge is 0.220 e. The number of halogens is 1. The van der Waals surface area contributed by atoms with Crippen LogP contribution >= 0.6 is 12.4 Å². The van der Waals surface area contributed by atoms with Crippen LogP contribution in [0.15, 0.2) is 24.3 Å². The van der Waals surface area contributed by atoms with Gasteiger partial charge in [-0.25, -0.2) is 0 Å². The molecule has 0 aromatic heterocycles. The van der Waals surface area contributed by atoms with Crippen LogP contribution < -0.4 is 11.1 Å². The minimum atomic E-state index is 0. The van der Waals surface area contributed by atoms with Crippen molar-refractivity contribution in [3.8, 4) is 0 Å². The summed E-state index contributed by atoms with van der Waals surface area (Å²) in [5.41, 5.74) is 8.03. The lowest BCUT2D eigenvalue weighted by molar-refractivity contribution is -0.121. The third-order valence-electron chi connectivity index (χ3n) is 3.42.